The topological polar surface area (TPSA) is 38.3 Å². The van der Waals surface area contributed by atoms with Crippen LogP contribution in [0, 0.1) is 5.41 Å². The Morgan fingerprint density at radius 2 is 2.12 bits per heavy atom. The Labute approximate surface area is 107 Å². The van der Waals surface area contributed by atoms with Gasteiger partial charge in [0.1, 0.15) is 0 Å². The molecule has 1 spiro atoms. The Kier molecular flexibility index (Phi) is 4.61. The molecule has 2 aliphatic carbocycles. The third kappa shape index (κ3) is 2.74. The summed E-state index contributed by atoms with van der Waals surface area (Å²) in [5.41, 5.74) is 0.408. The molecule has 1 N–H and O–H groups in total. The van der Waals surface area contributed by atoms with Crippen LogP contribution in [-0.4, -0.2) is 41.5 Å². The van der Waals surface area contributed by atoms with Crippen molar-refractivity contribution in [1.82, 2.24) is 5.32 Å². The summed E-state index contributed by atoms with van der Waals surface area (Å²) in [6.45, 7) is 3.80. The second-order valence-corrected chi connectivity index (χ2v) is 6.96. The maximum atomic E-state index is 11.1. The van der Waals surface area contributed by atoms with Gasteiger partial charge in [0.2, 0.25) is 0 Å². The third-order valence-corrected chi connectivity index (χ3v) is 5.25. The van der Waals surface area contributed by atoms with E-state index in [0.29, 0.717) is 17.6 Å². The highest BCUT2D eigenvalue weighted by atomic mass is 32.2. The number of nitrogens with one attached hydrogen (secondary N) is 1. The highest BCUT2D eigenvalue weighted by molar-refractivity contribution is 7.84. The van der Waals surface area contributed by atoms with E-state index >= 15 is 0 Å². The molecule has 0 aromatic heterocycles. The molecule has 0 amide bonds. The molecule has 0 bridgehead atoms. The second kappa shape index (κ2) is 5.81. The van der Waals surface area contributed by atoms with Crippen LogP contribution in [0.15, 0.2) is 0 Å². The highest BCUT2D eigenvalue weighted by Gasteiger charge is 2.56. The maximum absolute atomic E-state index is 11.1. The lowest BCUT2D eigenvalue weighted by atomic mass is 9.60. The van der Waals surface area contributed by atoms with Crippen molar-refractivity contribution in [2.24, 2.45) is 5.41 Å². The van der Waals surface area contributed by atoms with Crippen molar-refractivity contribution >= 4 is 10.8 Å². The van der Waals surface area contributed by atoms with Gasteiger partial charge in [-0.05, 0) is 26.2 Å². The van der Waals surface area contributed by atoms with Crippen LogP contribution in [0.4, 0.5) is 0 Å². The molecule has 2 aliphatic rings. The van der Waals surface area contributed by atoms with Gasteiger partial charge in [-0.15, -0.1) is 0 Å². The molecular formula is C13H25NO2S. The number of hydrogen-bond donors (Lipinski definition) is 1. The monoisotopic (exact) mass is 259 g/mol. The van der Waals surface area contributed by atoms with Crippen LogP contribution < -0.4 is 5.32 Å². The fourth-order valence-electron chi connectivity index (χ4n) is 3.55. The first kappa shape index (κ1) is 13.5. The Morgan fingerprint density at radius 3 is 2.71 bits per heavy atom. The van der Waals surface area contributed by atoms with E-state index in [2.05, 4.69) is 12.2 Å². The van der Waals surface area contributed by atoms with Crippen molar-refractivity contribution in [2.75, 3.05) is 25.2 Å². The van der Waals surface area contributed by atoms with Crippen LogP contribution in [0.3, 0.4) is 0 Å². The molecule has 17 heavy (non-hydrogen) atoms. The van der Waals surface area contributed by atoms with Crippen molar-refractivity contribution in [1.29, 1.82) is 0 Å². The van der Waals surface area contributed by atoms with E-state index in [1.807, 2.05) is 0 Å². The van der Waals surface area contributed by atoms with Gasteiger partial charge in [-0.2, -0.15) is 0 Å². The fraction of sp³-hybridized carbons (Fsp3) is 1.00. The molecule has 100 valence electrons. The van der Waals surface area contributed by atoms with Gasteiger partial charge in [0.25, 0.3) is 0 Å². The maximum Gasteiger partial charge on any atom is 0.0661 e. The molecule has 3 nitrogen and oxygen atoms in total. The third-order valence-electron chi connectivity index (χ3n) is 4.47. The van der Waals surface area contributed by atoms with E-state index in [9.17, 15) is 4.21 Å². The first-order valence-corrected chi connectivity index (χ1v) is 8.57. The standard InChI is InChI=1S/C13H25NO2S/c1-3-16-12-10-11(14-8-9-17(2)15)13(12)6-4-5-7-13/h11-12,14H,3-10H2,1-2H3. The Balaban J connectivity index is 1.84. The molecule has 2 rings (SSSR count). The second-order valence-electron chi connectivity index (χ2n) is 5.40. The largest absolute Gasteiger partial charge is 0.378 e. The first-order valence-electron chi connectivity index (χ1n) is 6.84. The lowest BCUT2D eigenvalue weighted by molar-refractivity contribution is -0.129. The summed E-state index contributed by atoms with van der Waals surface area (Å²) >= 11 is 0. The molecule has 0 aromatic carbocycles. The van der Waals surface area contributed by atoms with E-state index in [-0.39, 0.29) is 0 Å². The van der Waals surface area contributed by atoms with Gasteiger partial charge in [0, 0.05) is 47.4 Å². The molecule has 2 fully saturated rings. The van der Waals surface area contributed by atoms with E-state index in [1.54, 1.807) is 6.26 Å². The zero-order valence-electron chi connectivity index (χ0n) is 11.0. The van der Waals surface area contributed by atoms with E-state index in [4.69, 9.17) is 4.74 Å². The number of hydrogen-bond acceptors (Lipinski definition) is 3. The lowest BCUT2D eigenvalue weighted by Crippen LogP contribution is -2.63. The average Bonchev–Trinajstić information content (AvgIpc) is 2.78. The lowest BCUT2D eigenvalue weighted by Gasteiger charge is -2.54. The first-order chi connectivity index (χ1) is 8.19. The predicted molar refractivity (Wildman–Crippen MR) is 71.7 cm³/mol. The molecule has 3 unspecified atom stereocenters. The molecule has 0 aliphatic heterocycles. The van der Waals surface area contributed by atoms with Gasteiger partial charge < -0.3 is 10.1 Å². The Bertz CT molecular complexity index is 277. The molecule has 0 heterocycles. The molecule has 2 saturated carbocycles. The van der Waals surface area contributed by atoms with Crippen LogP contribution in [0.25, 0.3) is 0 Å². The average molecular weight is 259 g/mol. The van der Waals surface area contributed by atoms with E-state index < -0.39 is 10.8 Å². The number of ether oxygens (including phenoxy) is 1. The van der Waals surface area contributed by atoms with E-state index in [1.165, 1.54) is 25.7 Å². The minimum Gasteiger partial charge on any atom is -0.378 e. The fourth-order valence-corrected chi connectivity index (χ4v) is 3.96. The Hall–Kier alpha value is 0.0700. The van der Waals surface area contributed by atoms with Crippen LogP contribution in [0.5, 0.6) is 0 Å². The zero-order valence-corrected chi connectivity index (χ0v) is 11.9. The van der Waals surface area contributed by atoms with Crippen LogP contribution in [0.2, 0.25) is 0 Å². The van der Waals surface area contributed by atoms with Crippen molar-refractivity contribution in [3.63, 3.8) is 0 Å². The molecule has 4 heteroatoms. The van der Waals surface area contributed by atoms with Crippen molar-refractivity contribution in [3.8, 4) is 0 Å². The quantitative estimate of drug-likeness (QED) is 0.789. The SMILES string of the molecule is CCOC1CC(NCCS(C)=O)C12CCCC2. The van der Waals surface area contributed by atoms with Crippen LogP contribution in [-0.2, 0) is 15.5 Å². The molecular weight excluding hydrogens is 234 g/mol. The van der Waals surface area contributed by atoms with Gasteiger partial charge in [-0.3, -0.25) is 4.21 Å². The summed E-state index contributed by atoms with van der Waals surface area (Å²) in [5, 5.41) is 3.60. The van der Waals surface area contributed by atoms with Gasteiger partial charge in [0.15, 0.2) is 0 Å². The van der Waals surface area contributed by atoms with Crippen LogP contribution in [0.1, 0.15) is 39.0 Å². The van der Waals surface area contributed by atoms with Crippen molar-refractivity contribution in [2.45, 2.75) is 51.2 Å². The summed E-state index contributed by atoms with van der Waals surface area (Å²) in [5.74, 6) is 0.770. The molecule has 0 aromatic rings. The highest BCUT2D eigenvalue weighted by Crippen LogP contribution is 2.54. The molecule has 3 atom stereocenters. The van der Waals surface area contributed by atoms with E-state index in [0.717, 1.165) is 25.3 Å². The van der Waals surface area contributed by atoms with Crippen LogP contribution >= 0.6 is 0 Å². The van der Waals surface area contributed by atoms with Gasteiger partial charge >= 0.3 is 0 Å². The number of rotatable bonds is 6. The predicted octanol–water partition coefficient (Wildman–Crippen LogP) is 1.69. The zero-order chi connectivity index (χ0) is 12.3. The summed E-state index contributed by atoms with van der Waals surface area (Å²) < 4.78 is 16.9. The summed E-state index contributed by atoms with van der Waals surface area (Å²) in [6.07, 6.45) is 8.71. The molecule has 0 radical (unpaired) electrons. The van der Waals surface area contributed by atoms with Crippen molar-refractivity contribution < 1.29 is 8.95 Å². The Morgan fingerprint density at radius 1 is 1.41 bits per heavy atom. The normalized spacial score (nSPS) is 32.6. The van der Waals surface area contributed by atoms with Gasteiger partial charge in [-0.25, -0.2) is 0 Å². The minimum atomic E-state index is -0.679. The smallest absolute Gasteiger partial charge is 0.0661 e. The van der Waals surface area contributed by atoms with Crippen molar-refractivity contribution in [3.05, 3.63) is 0 Å². The summed E-state index contributed by atoms with van der Waals surface area (Å²) in [4.78, 5) is 0. The summed E-state index contributed by atoms with van der Waals surface area (Å²) in [6, 6.07) is 0.602. The van der Waals surface area contributed by atoms with Gasteiger partial charge in [0.05, 0.1) is 6.10 Å². The van der Waals surface area contributed by atoms with Gasteiger partial charge in [-0.1, -0.05) is 12.8 Å². The molecule has 0 saturated heterocycles. The summed E-state index contributed by atoms with van der Waals surface area (Å²) in [7, 11) is -0.679. The minimum absolute atomic E-state index is 0.408.